The van der Waals surface area contributed by atoms with Gasteiger partial charge in [0, 0.05) is 62.5 Å². The summed E-state index contributed by atoms with van der Waals surface area (Å²) < 4.78 is 8.36. The molecule has 7 nitrogen and oxygen atoms in total. The first-order valence-corrected chi connectivity index (χ1v) is 15.6. The van der Waals surface area contributed by atoms with Gasteiger partial charge in [-0.05, 0) is 50.6 Å². The van der Waals surface area contributed by atoms with E-state index in [4.69, 9.17) is 4.74 Å². The Bertz CT molecular complexity index is 1700. The molecule has 0 unspecified atom stereocenters. The van der Waals surface area contributed by atoms with Gasteiger partial charge in [0.05, 0.1) is 16.1 Å². The van der Waals surface area contributed by atoms with E-state index >= 15 is 0 Å². The normalized spacial score (nSPS) is 12.1. The summed E-state index contributed by atoms with van der Waals surface area (Å²) in [6.45, 7) is 13.1. The highest BCUT2D eigenvalue weighted by Gasteiger charge is 2.33. The highest BCUT2D eigenvalue weighted by atomic mass is 32.2. The Labute approximate surface area is 255 Å². The van der Waals surface area contributed by atoms with E-state index in [1.807, 2.05) is 30.5 Å². The Hall–Kier alpha value is -3.69. The standard InChI is InChI=1S/C33H36N4O3S2/c1-21-36-24(20-41-21)19-40-25-12-13-27-26(16-25)29(42-32(2,3)4)28(17-33(5,6)31(38)39)37(27)18-22-8-10-23(11-9-22)30-34-14-7-15-35-30/h7-16,20H,17-19H2,1-6H3,(H,38,39). The number of fused-ring (bicyclic) bond motifs is 1. The zero-order chi connectivity index (χ0) is 30.1. The minimum Gasteiger partial charge on any atom is -0.487 e. The molecule has 0 aliphatic heterocycles. The average molecular weight is 601 g/mol. The summed E-state index contributed by atoms with van der Waals surface area (Å²) in [4.78, 5) is 26.7. The fourth-order valence-corrected chi connectivity index (χ4v) is 6.52. The van der Waals surface area contributed by atoms with E-state index in [9.17, 15) is 9.90 Å². The van der Waals surface area contributed by atoms with Gasteiger partial charge in [0.1, 0.15) is 12.4 Å². The summed E-state index contributed by atoms with van der Waals surface area (Å²) in [6, 6.07) is 16.2. The first kappa shape index (κ1) is 29.8. The van der Waals surface area contributed by atoms with Crippen molar-refractivity contribution < 1.29 is 14.6 Å². The molecule has 2 aromatic carbocycles. The van der Waals surface area contributed by atoms with Crippen molar-refractivity contribution in [3.05, 3.63) is 88.3 Å². The zero-order valence-electron chi connectivity index (χ0n) is 24.8. The van der Waals surface area contributed by atoms with Crippen LogP contribution in [0.1, 0.15) is 56.6 Å². The highest BCUT2D eigenvalue weighted by molar-refractivity contribution is 8.00. The second kappa shape index (κ2) is 11.9. The van der Waals surface area contributed by atoms with E-state index in [1.54, 1.807) is 55.4 Å². The maximum atomic E-state index is 12.3. The number of aliphatic carboxylic acids is 1. The van der Waals surface area contributed by atoms with Gasteiger partial charge in [-0.1, -0.05) is 45.0 Å². The van der Waals surface area contributed by atoms with E-state index in [0.717, 1.165) is 49.1 Å². The quantitative estimate of drug-likeness (QED) is 0.162. The van der Waals surface area contributed by atoms with E-state index in [-0.39, 0.29) is 4.75 Å². The van der Waals surface area contributed by atoms with Crippen molar-refractivity contribution in [1.29, 1.82) is 0 Å². The predicted molar refractivity (Wildman–Crippen MR) is 170 cm³/mol. The maximum absolute atomic E-state index is 12.3. The molecule has 3 heterocycles. The molecular weight excluding hydrogens is 565 g/mol. The monoisotopic (exact) mass is 600 g/mol. The minimum atomic E-state index is -0.949. The van der Waals surface area contributed by atoms with Crippen LogP contribution in [0.2, 0.25) is 0 Å². The smallest absolute Gasteiger partial charge is 0.309 e. The lowest BCUT2D eigenvalue weighted by Gasteiger charge is -2.24. The van der Waals surface area contributed by atoms with Crippen molar-refractivity contribution in [1.82, 2.24) is 19.5 Å². The average Bonchev–Trinajstić information content (AvgIpc) is 3.48. The number of carboxylic acids is 1. The molecule has 0 aliphatic carbocycles. The molecule has 3 aromatic heterocycles. The van der Waals surface area contributed by atoms with Crippen molar-refractivity contribution in [2.45, 2.75) is 70.8 Å². The molecule has 0 fully saturated rings. The molecule has 5 aromatic rings. The Morgan fingerprint density at radius 1 is 1.05 bits per heavy atom. The number of ether oxygens (including phenoxy) is 1. The predicted octanol–water partition coefficient (Wildman–Crippen LogP) is 8.03. The van der Waals surface area contributed by atoms with Crippen LogP contribution >= 0.6 is 23.1 Å². The molecule has 0 amide bonds. The Kier molecular flexibility index (Phi) is 8.44. The van der Waals surface area contributed by atoms with Gasteiger partial charge in [-0.25, -0.2) is 15.0 Å². The molecule has 0 saturated carbocycles. The van der Waals surface area contributed by atoms with E-state index < -0.39 is 11.4 Å². The van der Waals surface area contributed by atoms with Crippen LogP contribution < -0.4 is 4.74 Å². The molecule has 42 heavy (non-hydrogen) atoms. The van der Waals surface area contributed by atoms with Gasteiger partial charge >= 0.3 is 5.97 Å². The number of hydrogen-bond acceptors (Lipinski definition) is 7. The van der Waals surface area contributed by atoms with Crippen molar-refractivity contribution in [3.63, 3.8) is 0 Å². The molecule has 218 valence electrons. The lowest BCUT2D eigenvalue weighted by molar-refractivity contribution is -0.146. The first-order chi connectivity index (χ1) is 19.9. The zero-order valence-corrected chi connectivity index (χ0v) is 26.5. The molecule has 5 rings (SSSR count). The summed E-state index contributed by atoms with van der Waals surface area (Å²) in [5, 5.41) is 14.2. The third kappa shape index (κ3) is 6.85. The molecule has 0 aliphatic rings. The third-order valence-corrected chi connectivity index (χ3v) is 8.95. The summed E-state index contributed by atoms with van der Waals surface area (Å²) in [5.74, 6) is 0.627. The van der Waals surface area contributed by atoms with Crippen LogP contribution in [0.3, 0.4) is 0 Å². The lowest BCUT2D eigenvalue weighted by atomic mass is 9.88. The van der Waals surface area contributed by atoms with Gasteiger partial charge < -0.3 is 14.4 Å². The largest absolute Gasteiger partial charge is 0.487 e. The summed E-state index contributed by atoms with van der Waals surface area (Å²) in [6.07, 6.45) is 3.87. The van der Waals surface area contributed by atoms with Crippen LogP contribution in [0.5, 0.6) is 5.75 Å². The number of nitrogens with zero attached hydrogens (tertiary/aromatic N) is 4. The van der Waals surface area contributed by atoms with Crippen LogP contribution in [-0.4, -0.2) is 35.3 Å². The number of rotatable bonds is 10. The molecule has 9 heteroatoms. The molecule has 0 spiro atoms. The second-order valence-corrected chi connectivity index (χ2v) is 14.9. The van der Waals surface area contributed by atoms with Crippen LogP contribution in [0, 0.1) is 12.3 Å². The van der Waals surface area contributed by atoms with Crippen molar-refractivity contribution in [3.8, 4) is 17.1 Å². The Morgan fingerprint density at radius 2 is 1.76 bits per heavy atom. The van der Waals surface area contributed by atoms with Gasteiger partial charge in [0.2, 0.25) is 0 Å². The Balaban J connectivity index is 1.59. The van der Waals surface area contributed by atoms with Crippen LogP contribution in [-0.2, 0) is 24.4 Å². The number of aryl methyl sites for hydroxylation is 1. The molecule has 0 bridgehead atoms. The number of thioether (sulfide) groups is 1. The number of aromatic nitrogens is 4. The number of thiazole rings is 1. The van der Waals surface area contributed by atoms with E-state index in [0.29, 0.717) is 25.4 Å². The van der Waals surface area contributed by atoms with Gasteiger partial charge in [0.15, 0.2) is 5.82 Å². The molecular formula is C33H36N4O3S2. The summed E-state index contributed by atoms with van der Waals surface area (Å²) in [5.41, 5.74) is 4.07. The van der Waals surface area contributed by atoms with Gasteiger partial charge in [-0.2, -0.15) is 0 Å². The summed E-state index contributed by atoms with van der Waals surface area (Å²) >= 11 is 3.38. The van der Waals surface area contributed by atoms with Gasteiger partial charge in [-0.3, -0.25) is 4.79 Å². The first-order valence-electron chi connectivity index (χ1n) is 13.9. The minimum absolute atomic E-state index is 0.0897. The fraction of sp³-hybridized carbons (Fsp3) is 0.333. The van der Waals surface area contributed by atoms with Crippen LogP contribution in [0.15, 0.2) is 71.2 Å². The third-order valence-electron chi connectivity index (χ3n) is 6.86. The molecule has 0 radical (unpaired) electrons. The van der Waals surface area contributed by atoms with Crippen molar-refractivity contribution >= 4 is 40.0 Å². The van der Waals surface area contributed by atoms with Gasteiger partial charge in [0.25, 0.3) is 0 Å². The number of carboxylic acid groups (broad SMARTS) is 1. The topological polar surface area (TPSA) is 90.1 Å². The Morgan fingerprint density at radius 3 is 2.38 bits per heavy atom. The van der Waals surface area contributed by atoms with Crippen molar-refractivity contribution in [2.24, 2.45) is 5.41 Å². The maximum Gasteiger partial charge on any atom is 0.309 e. The molecule has 0 atom stereocenters. The lowest BCUT2D eigenvalue weighted by Crippen LogP contribution is -2.28. The highest BCUT2D eigenvalue weighted by Crippen LogP contribution is 2.44. The second-order valence-electron chi connectivity index (χ2n) is 12.0. The van der Waals surface area contributed by atoms with Crippen LogP contribution in [0.4, 0.5) is 0 Å². The SMILES string of the molecule is Cc1nc(COc2ccc3c(c2)c(SC(C)(C)C)c(CC(C)(C)C(=O)O)n3Cc2ccc(-c3ncccn3)cc2)cs1. The number of hydrogen-bond donors (Lipinski definition) is 1. The number of carbonyl (C=O) groups is 1. The van der Waals surface area contributed by atoms with Crippen LogP contribution in [0.25, 0.3) is 22.3 Å². The van der Waals surface area contributed by atoms with Crippen molar-refractivity contribution in [2.75, 3.05) is 0 Å². The number of benzene rings is 2. The summed E-state index contributed by atoms with van der Waals surface area (Å²) in [7, 11) is 0. The molecule has 0 saturated heterocycles. The van der Waals surface area contributed by atoms with Gasteiger partial charge in [-0.15, -0.1) is 23.1 Å². The fourth-order valence-electron chi connectivity index (χ4n) is 4.74. The molecule has 1 N–H and O–H groups in total. The van der Waals surface area contributed by atoms with E-state index in [2.05, 4.69) is 64.6 Å². The van der Waals surface area contributed by atoms with E-state index in [1.165, 1.54) is 0 Å².